The van der Waals surface area contributed by atoms with E-state index in [0.29, 0.717) is 24.4 Å². The van der Waals surface area contributed by atoms with Crippen molar-refractivity contribution in [3.63, 3.8) is 0 Å². The minimum absolute atomic E-state index is 0.397. The molecule has 0 amide bonds. The quantitative estimate of drug-likeness (QED) is 0.174. The van der Waals surface area contributed by atoms with Crippen LogP contribution in [0.3, 0.4) is 0 Å². The van der Waals surface area contributed by atoms with Crippen molar-refractivity contribution in [1.82, 2.24) is 5.32 Å². The Kier molecular flexibility index (Phi) is 13.0. The van der Waals surface area contributed by atoms with Gasteiger partial charge in [0.25, 0.3) is 0 Å². The normalized spacial score (nSPS) is 12.8. The Morgan fingerprint density at radius 2 is 1.73 bits per heavy atom. The van der Waals surface area contributed by atoms with E-state index in [9.17, 15) is 14.4 Å². The number of carboxylic acids is 3. The maximum absolute atomic E-state index is 10.6. The van der Waals surface area contributed by atoms with E-state index in [1.54, 1.807) is 0 Å². The Labute approximate surface area is 132 Å². The molecule has 0 unspecified atom stereocenters. The van der Waals surface area contributed by atoms with Crippen LogP contribution in [0, 0.1) is 5.41 Å². The van der Waals surface area contributed by atoms with Crippen LogP contribution in [0.25, 0.3) is 0 Å². The van der Waals surface area contributed by atoms with Crippen LogP contribution in [0.1, 0.15) is 6.92 Å². The van der Waals surface area contributed by atoms with Gasteiger partial charge in [0, 0.05) is 43.0 Å². The summed E-state index contributed by atoms with van der Waals surface area (Å²) in [6.45, 7) is 2.82. The van der Waals surface area contributed by atoms with Gasteiger partial charge in [-0.15, -0.1) is 0 Å². The van der Waals surface area contributed by atoms with Crippen LogP contribution in [0.15, 0.2) is 12.2 Å². The number of nitrogens with one attached hydrogen (secondary N) is 2. The molecule has 10 heteroatoms. The van der Waals surface area contributed by atoms with E-state index in [4.69, 9.17) is 26.5 Å². The Morgan fingerprint density at radius 3 is 2.09 bits per heavy atom. The van der Waals surface area contributed by atoms with Crippen LogP contribution in [0.2, 0.25) is 0 Å². The Bertz CT molecular complexity index is 396. The number of thioether (sulfide) groups is 1. The molecule has 0 aliphatic carbocycles. The zero-order valence-corrected chi connectivity index (χ0v) is 12.9. The van der Waals surface area contributed by atoms with E-state index in [0.717, 1.165) is 12.3 Å². The molecule has 126 valence electrons. The lowest BCUT2D eigenvalue weighted by molar-refractivity contribution is -0.141. The van der Waals surface area contributed by atoms with Gasteiger partial charge in [-0.3, -0.25) is 4.79 Å². The van der Waals surface area contributed by atoms with Crippen LogP contribution >= 0.6 is 11.8 Å². The zero-order valence-electron chi connectivity index (χ0n) is 12.1. The Hall–Kier alpha value is -1.91. The highest BCUT2D eigenvalue weighted by Crippen LogP contribution is 2.09. The molecular formula is C12H21N3O6S. The fourth-order valence-electron chi connectivity index (χ4n) is 0.807. The zero-order chi connectivity index (χ0) is 17.6. The van der Waals surface area contributed by atoms with Crippen LogP contribution in [-0.2, 0) is 14.4 Å². The minimum atomic E-state index is -1.26. The first-order valence-electron chi connectivity index (χ1n) is 6.07. The maximum atomic E-state index is 10.6. The maximum Gasteiger partial charge on any atom is 0.328 e. The number of aliphatic carboxylic acids is 3. The first-order valence-corrected chi connectivity index (χ1v) is 7.22. The van der Waals surface area contributed by atoms with E-state index < -0.39 is 23.4 Å². The third-order valence-electron chi connectivity index (χ3n) is 1.93. The predicted molar refractivity (Wildman–Crippen MR) is 83.6 cm³/mol. The first kappa shape index (κ1) is 22.4. The van der Waals surface area contributed by atoms with Crippen molar-refractivity contribution in [3.8, 4) is 0 Å². The summed E-state index contributed by atoms with van der Waals surface area (Å²) < 4.78 is 0. The van der Waals surface area contributed by atoms with Gasteiger partial charge in [0.05, 0.1) is 0 Å². The van der Waals surface area contributed by atoms with Gasteiger partial charge < -0.3 is 31.8 Å². The largest absolute Gasteiger partial charge is 0.480 e. The van der Waals surface area contributed by atoms with E-state index in [2.05, 4.69) is 5.32 Å². The molecule has 0 radical (unpaired) electrons. The molecule has 0 aliphatic rings. The fourth-order valence-corrected chi connectivity index (χ4v) is 1.79. The monoisotopic (exact) mass is 335 g/mol. The number of carboxylic acid groups (broad SMARTS) is 3. The molecule has 7 N–H and O–H groups in total. The first-order chi connectivity index (χ1) is 10.1. The summed E-state index contributed by atoms with van der Waals surface area (Å²) in [6, 6.07) is 0. The number of hydrogen-bond acceptors (Lipinski definition) is 7. The van der Waals surface area contributed by atoms with E-state index in [-0.39, 0.29) is 0 Å². The molecule has 0 bridgehead atoms. The Morgan fingerprint density at radius 1 is 1.23 bits per heavy atom. The molecule has 0 fully saturated rings. The van der Waals surface area contributed by atoms with Crippen molar-refractivity contribution >= 4 is 35.9 Å². The van der Waals surface area contributed by atoms with Gasteiger partial charge in [0.15, 0.2) is 0 Å². The summed E-state index contributed by atoms with van der Waals surface area (Å²) in [5, 5.41) is 34.1. The van der Waals surface area contributed by atoms with Crippen LogP contribution in [-0.4, -0.2) is 69.6 Å². The van der Waals surface area contributed by atoms with E-state index in [1.807, 2.05) is 0 Å². The number of carbonyl (C=O) groups is 3. The molecule has 0 aromatic carbocycles. The molecule has 1 atom stereocenters. The molecular weight excluding hydrogens is 314 g/mol. The van der Waals surface area contributed by atoms with Crippen LogP contribution in [0.5, 0.6) is 0 Å². The highest BCUT2D eigenvalue weighted by atomic mass is 32.2. The topological polar surface area (TPSA) is 174 Å². The second-order valence-electron chi connectivity index (χ2n) is 4.19. The van der Waals surface area contributed by atoms with Gasteiger partial charge in [-0.05, 0) is 6.92 Å². The standard InChI is InChI=1S/C8H17N3O2S.C4H4O4/c1-8(10,7(12)13)6-14-5-4-11-3-2-9;5-3(6)1-2-4(7)8/h2,9,11H,3-6,10H2,1H3,(H,12,13);1-2H,(H,5,6)(H,7,8)/b;2-1-/t8-;/m0./s1. The predicted octanol–water partition coefficient (Wildman–Crippen LogP) is -0.527. The highest BCUT2D eigenvalue weighted by molar-refractivity contribution is 7.99. The lowest BCUT2D eigenvalue weighted by Gasteiger charge is -2.18. The van der Waals surface area contributed by atoms with Crippen molar-refractivity contribution in [3.05, 3.63) is 12.2 Å². The van der Waals surface area contributed by atoms with Crippen molar-refractivity contribution in [2.24, 2.45) is 5.73 Å². The smallest absolute Gasteiger partial charge is 0.328 e. The van der Waals surface area contributed by atoms with Crippen LogP contribution < -0.4 is 11.1 Å². The number of hydrogen-bond donors (Lipinski definition) is 6. The van der Waals surface area contributed by atoms with Gasteiger partial charge in [-0.1, -0.05) is 0 Å². The molecule has 0 aliphatic heterocycles. The van der Waals surface area contributed by atoms with Gasteiger partial charge in [-0.2, -0.15) is 11.8 Å². The fraction of sp³-hybridized carbons (Fsp3) is 0.500. The van der Waals surface area contributed by atoms with Crippen molar-refractivity contribution in [2.45, 2.75) is 12.5 Å². The van der Waals surface area contributed by atoms with Gasteiger partial charge in [-0.25, -0.2) is 9.59 Å². The average Bonchev–Trinajstić information content (AvgIpc) is 2.41. The SMILES string of the molecule is C[C@](N)(CSCCNCC=N)C(=O)O.O=C(O)/C=C\C(=O)O. The van der Waals surface area contributed by atoms with Gasteiger partial charge >= 0.3 is 17.9 Å². The van der Waals surface area contributed by atoms with E-state index in [1.165, 1.54) is 24.9 Å². The summed E-state index contributed by atoms with van der Waals surface area (Å²) >= 11 is 1.50. The summed E-state index contributed by atoms with van der Waals surface area (Å²) in [5.74, 6) is -2.29. The minimum Gasteiger partial charge on any atom is -0.480 e. The molecule has 0 aromatic rings. The third kappa shape index (κ3) is 16.1. The van der Waals surface area contributed by atoms with E-state index >= 15 is 0 Å². The van der Waals surface area contributed by atoms with Crippen LogP contribution in [0.4, 0.5) is 0 Å². The third-order valence-corrected chi connectivity index (χ3v) is 3.23. The molecule has 0 heterocycles. The molecule has 9 nitrogen and oxygen atoms in total. The average molecular weight is 335 g/mol. The summed E-state index contributed by atoms with van der Waals surface area (Å²) in [4.78, 5) is 29.7. The van der Waals surface area contributed by atoms with Crippen molar-refractivity contribution in [1.29, 1.82) is 5.41 Å². The second kappa shape index (κ2) is 12.8. The summed E-state index contributed by atoms with van der Waals surface area (Å²) in [5.41, 5.74) is 4.38. The summed E-state index contributed by atoms with van der Waals surface area (Å²) in [6.07, 6.45) is 2.40. The summed E-state index contributed by atoms with van der Waals surface area (Å²) in [7, 11) is 0. The second-order valence-corrected chi connectivity index (χ2v) is 5.30. The molecule has 0 aromatic heterocycles. The molecule has 0 rings (SSSR count). The Balaban J connectivity index is 0. The molecule has 0 saturated heterocycles. The highest BCUT2D eigenvalue weighted by Gasteiger charge is 2.27. The van der Waals surface area contributed by atoms with Gasteiger partial charge in [0.1, 0.15) is 5.54 Å². The molecule has 0 spiro atoms. The molecule has 0 saturated carbocycles. The van der Waals surface area contributed by atoms with Crippen molar-refractivity contribution < 1.29 is 29.7 Å². The lowest BCUT2D eigenvalue weighted by Crippen LogP contribution is -2.47. The van der Waals surface area contributed by atoms with Crippen molar-refractivity contribution in [2.75, 3.05) is 24.6 Å². The number of rotatable bonds is 10. The lowest BCUT2D eigenvalue weighted by atomic mass is 10.1. The number of nitrogens with two attached hydrogens (primary N) is 1. The molecule has 22 heavy (non-hydrogen) atoms. The van der Waals surface area contributed by atoms with Gasteiger partial charge in [0.2, 0.25) is 0 Å².